The minimum absolute atomic E-state index is 0.348. The van der Waals surface area contributed by atoms with Crippen LogP contribution in [0.15, 0.2) is 35.7 Å². The van der Waals surface area contributed by atoms with Gasteiger partial charge in [0.05, 0.1) is 10.7 Å². The van der Waals surface area contributed by atoms with Gasteiger partial charge in [-0.3, -0.25) is 0 Å². The molecule has 104 valence electrons. The van der Waals surface area contributed by atoms with E-state index in [0.29, 0.717) is 5.56 Å². The van der Waals surface area contributed by atoms with Crippen molar-refractivity contribution in [3.8, 4) is 0 Å². The van der Waals surface area contributed by atoms with E-state index < -0.39 is 12.1 Å². The lowest BCUT2D eigenvalue weighted by Gasteiger charge is -2.11. The summed E-state index contributed by atoms with van der Waals surface area (Å²) in [5.41, 5.74) is 1.35. The standard InChI is InChI=1S/C15H14FNO2S/c1-10(12-4-3-5-13(16)8-12)19-15(18)7-6-14-9-20-11(2)17-14/h3-10H,1-2H3. The summed E-state index contributed by atoms with van der Waals surface area (Å²) in [5, 5.41) is 2.79. The van der Waals surface area contributed by atoms with Crippen molar-refractivity contribution in [2.45, 2.75) is 20.0 Å². The van der Waals surface area contributed by atoms with Crippen LogP contribution in [0.1, 0.15) is 29.3 Å². The Kier molecular flexibility index (Phi) is 4.63. The quantitative estimate of drug-likeness (QED) is 0.633. The Balaban J connectivity index is 1.96. The van der Waals surface area contributed by atoms with E-state index in [1.165, 1.54) is 29.5 Å². The topological polar surface area (TPSA) is 39.2 Å². The summed E-state index contributed by atoms with van der Waals surface area (Å²) in [6.07, 6.45) is 2.43. The molecule has 0 saturated heterocycles. The van der Waals surface area contributed by atoms with E-state index in [0.717, 1.165) is 10.7 Å². The van der Waals surface area contributed by atoms with E-state index >= 15 is 0 Å². The third-order valence-electron chi connectivity index (χ3n) is 2.64. The normalized spacial score (nSPS) is 12.6. The van der Waals surface area contributed by atoms with Gasteiger partial charge in [-0.25, -0.2) is 14.2 Å². The van der Waals surface area contributed by atoms with Gasteiger partial charge in [0, 0.05) is 11.5 Å². The number of esters is 1. The number of halogens is 1. The molecule has 1 unspecified atom stereocenters. The Bertz CT molecular complexity index is 636. The van der Waals surface area contributed by atoms with Crippen molar-refractivity contribution in [3.63, 3.8) is 0 Å². The van der Waals surface area contributed by atoms with Crippen LogP contribution in [0, 0.1) is 12.7 Å². The fraction of sp³-hybridized carbons (Fsp3) is 0.200. The SMILES string of the molecule is Cc1nc(C=CC(=O)OC(C)c2cccc(F)c2)cs1. The molecule has 2 rings (SSSR count). The number of benzene rings is 1. The van der Waals surface area contributed by atoms with Crippen LogP contribution in [0.4, 0.5) is 4.39 Å². The summed E-state index contributed by atoms with van der Waals surface area (Å²) < 4.78 is 18.3. The second-order valence-electron chi connectivity index (χ2n) is 4.26. The summed E-state index contributed by atoms with van der Waals surface area (Å²) in [4.78, 5) is 15.9. The molecular formula is C15H14FNO2S. The monoisotopic (exact) mass is 291 g/mol. The van der Waals surface area contributed by atoms with Crippen LogP contribution >= 0.6 is 11.3 Å². The molecule has 0 N–H and O–H groups in total. The summed E-state index contributed by atoms with van der Waals surface area (Å²) in [5.74, 6) is -0.827. The average Bonchev–Trinajstić information content (AvgIpc) is 2.82. The lowest BCUT2D eigenvalue weighted by atomic mass is 10.1. The number of ether oxygens (including phenoxy) is 1. The van der Waals surface area contributed by atoms with E-state index in [4.69, 9.17) is 4.74 Å². The molecule has 2 aromatic rings. The lowest BCUT2D eigenvalue weighted by molar-refractivity contribution is -0.142. The molecule has 0 bridgehead atoms. The Morgan fingerprint density at radius 3 is 2.95 bits per heavy atom. The van der Waals surface area contributed by atoms with Crippen molar-refractivity contribution in [2.24, 2.45) is 0 Å². The van der Waals surface area contributed by atoms with Crippen molar-refractivity contribution in [1.29, 1.82) is 0 Å². The molecule has 0 saturated carbocycles. The van der Waals surface area contributed by atoms with Gasteiger partial charge in [0.25, 0.3) is 0 Å². The molecular weight excluding hydrogens is 277 g/mol. The highest BCUT2D eigenvalue weighted by Crippen LogP contribution is 2.18. The van der Waals surface area contributed by atoms with Gasteiger partial charge in [0.1, 0.15) is 11.9 Å². The Hall–Kier alpha value is -2.01. The summed E-state index contributed by atoms with van der Waals surface area (Å²) in [6.45, 7) is 3.60. The van der Waals surface area contributed by atoms with E-state index in [1.807, 2.05) is 12.3 Å². The molecule has 0 aliphatic rings. The van der Waals surface area contributed by atoms with E-state index in [2.05, 4.69) is 4.98 Å². The third kappa shape index (κ3) is 3.99. The van der Waals surface area contributed by atoms with Gasteiger partial charge in [-0.15, -0.1) is 11.3 Å². The van der Waals surface area contributed by atoms with Crippen LogP contribution < -0.4 is 0 Å². The Morgan fingerprint density at radius 1 is 1.50 bits per heavy atom. The highest BCUT2D eigenvalue weighted by molar-refractivity contribution is 7.09. The van der Waals surface area contributed by atoms with Gasteiger partial charge in [0.15, 0.2) is 0 Å². The van der Waals surface area contributed by atoms with Gasteiger partial charge in [-0.05, 0) is 37.6 Å². The van der Waals surface area contributed by atoms with Crippen LogP contribution in [-0.4, -0.2) is 11.0 Å². The van der Waals surface area contributed by atoms with Gasteiger partial charge in [-0.2, -0.15) is 0 Å². The maximum atomic E-state index is 13.1. The fourth-order valence-electron chi connectivity index (χ4n) is 1.65. The minimum Gasteiger partial charge on any atom is -0.455 e. The number of carbonyl (C=O) groups excluding carboxylic acids is 1. The molecule has 20 heavy (non-hydrogen) atoms. The van der Waals surface area contributed by atoms with E-state index in [9.17, 15) is 9.18 Å². The smallest absolute Gasteiger partial charge is 0.331 e. The summed E-state index contributed by atoms with van der Waals surface area (Å²) >= 11 is 1.51. The highest BCUT2D eigenvalue weighted by atomic mass is 32.1. The number of rotatable bonds is 4. The zero-order valence-corrected chi connectivity index (χ0v) is 12.0. The van der Waals surface area contributed by atoms with Crippen molar-refractivity contribution >= 4 is 23.4 Å². The average molecular weight is 291 g/mol. The van der Waals surface area contributed by atoms with Crippen LogP contribution in [0.5, 0.6) is 0 Å². The maximum absolute atomic E-state index is 13.1. The van der Waals surface area contributed by atoms with Crippen molar-refractivity contribution < 1.29 is 13.9 Å². The molecule has 0 spiro atoms. The maximum Gasteiger partial charge on any atom is 0.331 e. The molecule has 5 heteroatoms. The molecule has 1 atom stereocenters. The molecule has 1 heterocycles. The number of thiazole rings is 1. The first kappa shape index (κ1) is 14.4. The number of carbonyl (C=O) groups is 1. The first-order valence-corrected chi connectivity index (χ1v) is 6.99. The molecule has 0 radical (unpaired) electrons. The second-order valence-corrected chi connectivity index (χ2v) is 5.32. The molecule has 0 amide bonds. The lowest BCUT2D eigenvalue weighted by Crippen LogP contribution is -2.06. The Morgan fingerprint density at radius 2 is 2.30 bits per heavy atom. The number of aromatic nitrogens is 1. The van der Waals surface area contributed by atoms with Crippen molar-refractivity contribution in [3.05, 3.63) is 57.8 Å². The van der Waals surface area contributed by atoms with Crippen LogP contribution in [0.25, 0.3) is 6.08 Å². The van der Waals surface area contributed by atoms with Gasteiger partial charge in [-0.1, -0.05) is 12.1 Å². The minimum atomic E-state index is -0.500. The largest absolute Gasteiger partial charge is 0.455 e. The van der Waals surface area contributed by atoms with E-state index in [1.54, 1.807) is 25.1 Å². The number of hydrogen-bond donors (Lipinski definition) is 0. The van der Waals surface area contributed by atoms with Gasteiger partial charge in [0.2, 0.25) is 0 Å². The predicted molar refractivity (Wildman–Crippen MR) is 76.8 cm³/mol. The third-order valence-corrected chi connectivity index (χ3v) is 3.43. The first-order valence-electron chi connectivity index (χ1n) is 6.11. The predicted octanol–water partition coefficient (Wildman–Crippen LogP) is 3.91. The summed E-state index contributed by atoms with van der Waals surface area (Å²) in [6, 6.07) is 6.01. The van der Waals surface area contributed by atoms with E-state index in [-0.39, 0.29) is 5.82 Å². The molecule has 0 fully saturated rings. The van der Waals surface area contributed by atoms with Crippen molar-refractivity contribution in [1.82, 2.24) is 4.98 Å². The van der Waals surface area contributed by atoms with Gasteiger partial charge >= 0.3 is 5.97 Å². The number of aryl methyl sites for hydroxylation is 1. The van der Waals surface area contributed by atoms with Crippen LogP contribution in [0.3, 0.4) is 0 Å². The molecule has 1 aromatic carbocycles. The highest BCUT2D eigenvalue weighted by Gasteiger charge is 2.10. The number of nitrogens with zero attached hydrogens (tertiary/aromatic N) is 1. The zero-order valence-electron chi connectivity index (χ0n) is 11.2. The Labute approximate surface area is 120 Å². The van der Waals surface area contributed by atoms with Crippen molar-refractivity contribution in [2.75, 3.05) is 0 Å². The summed E-state index contributed by atoms with van der Waals surface area (Å²) in [7, 11) is 0. The second kappa shape index (κ2) is 6.43. The number of hydrogen-bond acceptors (Lipinski definition) is 4. The molecule has 1 aromatic heterocycles. The first-order chi connectivity index (χ1) is 9.54. The molecule has 0 aliphatic carbocycles. The zero-order chi connectivity index (χ0) is 14.5. The van der Waals surface area contributed by atoms with Crippen LogP contribution in [-0.2, 0) is 9.53 Å². The fourth-order valence-corrected chi connectivity index (χ4v) is 2.23. The molecule has 0 aliphatic heterocycles. The van der Waals surface area contributed by atoms with Crippen LogP contribution in [0.2, 0.25) is 0 Å². The van der Waals surface area contributed by atoms with Gasteiger partial charge < -0.3 is 4.74 Å². The molecule has 3 nitrogen and oxygen atoms in total.